The molecule has 0 unspecified atom stereocenters. The second-order valence-corrected chi connectivity index (χ2v) is 4.28. The molecule has 0 saturated carbocycles. The number of nitrogens with two attached hydrogens (primary N) is 1. The van der Waals surface area contributed by atoms with Crippen LogP contribution in [0.3, 0.4) is 0 Å². The van der Waals surface area contributed by atoms with Crippen molar-refractivity contribution in [1.29, 1.82) is 0 Å². The molecule has 0 spiro atoms. The molecule has 1 aromatic heterocycles. The third-order valence-electron chi connectivity index (χ3n) is 2.17. The van der Waals surface area contributed by atoms with Crippen molar-refractivity contribution in [3.8, 4) is 0 Å². The molecule has 0 aliphatic heterocycles. The Bertz CT molecular complexity index is 385. The Kier molecular flexibility index (Phi) is 5.68. The van der Waals surface area contributed by atoms with Crippen LogP contribution in [0.5, 0.6) is 0 Å². The molecule has 0 aliphatic carbocycles. The third kappa shape index (κ3) is 4.56. The lowest BCUT2D eigenvalue weighted by atomic mass is 10.2. The van der Waals surface area contributed by atoms with Gasteiger partial charge in [0.15, 0.2) is 0 Å². The molecule has 0 aromatic carbocycles. The summed E-state index contributed by atoms with van der Waals surface area (Å²) in [6, 6.07) is 0. The molecule has 0 aliphatic rings. The molecular formula is C10H16BrN5O. The second-order valence-electron chi connectivity index (χ2n) is 3.49. The molecule has 0 bridgehead atoms. The molecule has 1 aromatic rings. The molecule has 4 N–H and O–H groups in total. The summed E-state index contributed by atoms with van der Waals surface area (Å²) in [6.07, 6.45) is 3.56. The van der Waals surface area contributed by atoms with Gasteiger partial charge in [0.05, 0.1) is 0 Å². The minimum absolute atomic E-state index is 0.259. The topological polar surface area (TPSA) is 92.9 Å². The van der Waals surface area contributed by atoms with Crippen molar-refractivity contribution in [2.24, 2.45) is 5.73 Å². The van der Waals surface area contributed by atoms with Gasteiger partial charge in [0.25, 0.3) is 0 Å². The SMILES string of the molecule is CNc1ncnc(NCCCCC(N)=O)c1Br. The summed E-state index contributed by atoms with van der Waals surface area (Å²) in [6.45, 7) is 0.742. The highest BCUT2D eigenvalue weighted by Gasteiger charge is 2.06. The average molecular weight is 302 g/mol. The van der Waals surface area contributed by atoms with Gasteiger partial charge in [-0.25, -0.2) is 9.97 Å². The number of amides is 1. The van der Waals surface area contributed by atoms with Crippen LogP contribution in [0.2, 0.25) is 0 Å². The van der Waals surface area contributed by atoms with E-state index in [2.05, 4.69) is 36.5 Å². The van der Waals surface area contributed by atoms with Crippen LogP contribution in [0, 0.1) is 0 Å². The first-order valence-corrected chi connectivity index (χ1v) is 6.15. The van der Waals surface area contributed by atoms with E-state index >= 15 is 0 Å². The average Bonchev–Trinajstić information content (AvgIpc) is 2.30. The summed E-state index contributed by atoms with van der Waals surface area (Å²) in [4.78, 5) is 18.7. The predicted molar refractivity (Wildman–Crippen MR) is 70.8 cm³/mol. The zero-order chi connectivity index (χ0) is 12.7. The molecule has 0 atom stereocenters. The Balaban J connectivity index is 2.39. The van der Waals surface area contributed by atoms with E-state index in [1.807, 2.05) is 0 Å². The van der Waals surface area contributed by atoms with E-state index in [-0.39, 0.29) is 5.91 Å². The van der Waals surface area contributed by atoms with Gasteiger partial charge in [-0.1, -0.05) is 0 Å². The lowest BCUT2D eigenvalue weighted by molar-refractivity contribution is -0.118. The molecule has 0 radical (unpaired) electrons. The van der Waals surface area contributed by atoms with Gasteiger partial charge in [-0.15, -0.1) is 0 Å². The monoisotopic (exact) mass is 301 g/mol. The number of aromatic nitrogens is 2. The Labute approximate surface area is 109 Å². The number of hydrogen-bond acceptors (Lipinski definition) is 5. The first-order valence-electron chi connectivity index (χ1n) is 5.35. The molecule has 17 heavy (non-hydrogen) atoms. The minimum Gasteiger partial charge on any atom is -0.372 e. The minimum atomic E-state index is -0.259. The zero-order valence-corrected chi connectivity index (χ0v) is 11.2. The number of hydrogen-bond donors (Lipinski definition) is 3. The Morgan fingerprint density at radius 1 is 1.41 bits per heavy atom. The van der Waals surface area contributed by atoms with Crippen molar-refractivity contribution < 1.29 is 4.79 Å². The molecule has 0 fully saturated rings. The summed E-state index contributed by atoms with van der Waals surface area (Å²) < 4.78 is 0.803. The number of unbranched alkanes of at least 4 members (excludes halogenated alkanes) is 1. The third-order valence-corrected chi connectivity index (χ3v) is 2.92. The maximum Gasteiger partial charge on any atom is 0.217 e. The van der Waals surface area contributed by atoms with E-state index in [9.17, 15) is 4.79 Å². The van der Waals surface area contributed by atoms with Crippen molar-refractivity contribution in [1.82, 2.24) is 9.97 Å². The van der Waals surface area contributed by atoms with Crippen LogP contribution in [0.1, 0.15) is 19.3 Å². The maximum absolute atomic E-state index is 10.5. The molecule has 0 saturated heterocycles. The van der Waals surface area contributed by atoms with Crippen molar-refractivity contribution in [3.63, 3.8) is 0 Å². The Morgan fingerprint density at radius 3 is 2.76 bits per heavy atom. The highest BCUT2D eigenvalue weighted by molar-refractivity contribution is 9.10. The molecule has 1 rings (SSSR count). The van der Waals surface area contributed by atoms with E-state index in [0.29, 0.717) is 6.42 Å². The molecular weight excluding hydrogens is 286 g/mol. The number of halogens is 1. The second kappa shape index (κ2) is 7.05. The van der Waals surface area contributed by atoms with Crippen molar-refractivity contribution in [2.45, 2.75) is 19.3 Å². The predicted octanol–water partition coefficient (Wildman–Crippen LogP) is 1.35. The Hall–Kier alpha value is -1.37. The van der Waals surface area contributed by atoms with Gasteiger partial charge in [-0.05, 0) is 28.8 Å². The van der Waals surface area contributed by atoms with Crippen molar-refractivity contribution in [2.75, 3.05) is 24.2 Å². The number of rotatable bonds is 7. The van der Waals surface area contributed by atoms with Gasteiger partial charge >= 0.3 is 0 Å². The lowest BCUT2D eigenvalue weighted by Crippen LogP contribution is -2.11. The van der Waals surface area contributed by atoms with E-state index in [0.717, 1.165) is 35.5 Å². The summed E-state index contributed by atoms with van der Waals surface area (Å²) in [5.41, 5.74) is 5.05. The van der Waals surface area contributed by atoms with Gasteiger partial charge in [0.1, 0.15) is 22.4 Å². The summed E-state index contributed by atoms with van der Waals surface area (Å²) in [5.74, 6) is 1.22. The highest BCUT2D eigenvalue weighted by Crippen LogP contribution is 2.25. The molecule has 94 valence electrons. The van der Waals surface area contributed by atoms with Crippen LogP contribution in [0.25, 0.3) is 0 Å². The van der Waals surface area contributed by atoms with Crippen LogP contribution in [0.4, 0.5) is 11.6 Å². The van der Waals surface area contributed by atoms with Crippen molar-refractivity contribution in [3.05, 3.63) is 10.8 Å². The number of carbonyl (C=O) groups excluding carboxylic acids is 1. The van der Waals surface area contributed by atoms with Crippen LogP contribution in [-0.2, 0) is 4.79 Å². The van der Waals surface area contributed by atoms with Crippen LogP contribution in [-0.4, -0.2) is 29.5 Å². The summed E-state index contributed by atoms with van der Waals surface area (Å²) in [7, 11) is 1.80. The smallest absolute Gasteiger partial charge is 0.217 e. The lowest BCUT2D eigenvalue weighted by Gasteiger charge is -2.09. The standard InChI is InChI=1S/C10H16BrN5O/c1-13-9-8(11)10(16-6-15-9)14-5-3-2-4-7(12)17/h6H,2-5H2,1H3,(H2,12,17)(H2,13,14,15,16). The van der Waals surface area contributed by atoms with Crippen LogP contribution in [0.15, 0.2) is 10.8 Å². The van der Waals surface area contributed by atoms with E-state index in [4.69, 9.17) is 5.73 Å². The van der Waals surface area contributed by atoms with E-state index < -0.39 is 0 Å². The van der Waals surface area contributed by atoms with Crippen LogP contribution >= 0.6 is 15.9 Å². The first kappa shape index (κ1) is 13.7. The Morgan fingerprint density at radius 2 is 2.12 bits per heavy atom. The molecule has 6 nitrogen and oxygen atoms in total. The van der Waals surface area contributed by atoms with Gasteiger partial charge in [0, 0.05) is 20.0 Å². The number of primary amides is 1. The summed E-state index contributed by atoms with van der Waals surface area (Å²) >= 11 is 3.41. The number of carbonyl (C=O) groups is 1. The largest absolute Gasteiger partial charge is 0.372 e. The van der Waals surface area contributed by atoms with Gasteiger partial charge < -0.3 is 16.4 Å². The van der Waals surface area contributed by atoms with E-state index in [1.54, 1.807) is 7.05 Å². The fourth-order valence-electron chi connectivity index (χ4n) is 1.30. The molecule has 7 heteroatoms. The maximum atomic E-state index is 10.5. The van der Waals surface area contributed by atoms with Crippen molar-refractivity contribution >= 4 is 33.5 Å². The fraction of sp³-hybridized carbons (Fsp3) is 0.500. The molecule has 1 heterocycles. The van der Waals surface area contributed by atoms with E-state index in [1.165, 1.54) is 6.33 Å². The zero-order valence-electron chi connectivity index (χ0n) is 9.66. The molecule has 1 amide bonds. The highest BCUT2D eigenvalue weighted by atomic mass is 79.9. The van der Waals surface area contributed by atoms with Crippen LogP contribution < -0.4 is 16.4 Å². The first-order chi connectivity index (χ1) is 8.15. The number of nitrogens with one attached hydrogen (secondary N) is 2. The van der Waals surface area contributed by atoms with Gasteiger partial charge in [0.2, 0.25) is 5.91 Å². The number of anilines is 2. The van der Waals surface area contributed by atoms with Gasteiger partial charge in [-0.2, -0.15) is 0 Å². The fourth-order valence-corrected chi connectivity index (χ4v) is 1.84. The normalized spacial score (nSPS) is 10.0. The van der Waals surface area contributed by atoms with Gasteiger partial charge in [-0.3, -0.25) is 4.79 Å². The quantitative estimate of drug-likeness (QED) is 0.661. The number of nitrogens with zero attached hydrogens (tertiary/aromatic N) is 2. The summed E-state index contributed by atoms with van der Waals surface area (Å²) in [5, 5.41) is 6.12.